The summed E-state index contributed by atoms with van der Waals surface area (Å²) in [6.45, 7) is 3.36. The lowest BCUT2D eigenvalue weighted by Gasteiger charge is -2.31. The molecule has 2 fully saturated rings. The van der Waals surface area contributed by atoms with Gasteiger partial charge >= 0.3 is 7.80 Å². The standard InChI is InChI=1S/C10H17BO4P/c1-3-16(14)5-15-10-4-6(10)7(11)9(2,13)8(10)12/h6-8,12-13H,3-5H2,1-2H3/q+1/t6-,7-,8+,9+,10+/m1/s1. The highest BCUT2D eigenvalue weighted by Gasteiger charge is 2.75. The Morgan fingerprint density at radius 3 is 2.69 bits per heavy atom. The smallest absolute Gasteiger partial charge is 0.366 e. The molecule has 0 aromatic rings. The van der Waals surface area contributed by atoms with Crippen LogP contribution in [0, 0.1) is 5.92 Å². The third kappa shape index (κ3) is 1.57. The largest absolute Gasteiger partial charge is 0.388 e. The molecule has 6 heteroatoms. The maximum Gasteiger partial charge on any atom is 0.366 e. The van der Waals surface area contributed by atoms with E-state index in [0.717, 1.165) is 0 Å². The maximum atomic E-state index is 11.3. The summed E-state index contributed by atoms with van der Waals surface area (Å²) in [5.41, 5.74) is -2.05. The van der Waals surface area contributed by atoms with Gasteiger partial charge in [0.15, 0.2) is 0 Å². The fourth-order valence-electron chi connectivity index (χ4n) is 2.64. The number of aliphatic hydroxyl groups is 2. The van der Waals surface area contributed by atoms with Crippen molar-refractivity contribution in [3.63, 3.8) is 0 Å². The molecule has 2 radical (unpaired) electrons. The van der Waals surface area contributed by atoms with E-state index in [-0.39, 0.29) is 12.3 Å². The molecule has 6 atom stereocenters. The van der Waals surface area contributed by atoms with Gasteiger partial charge in [-0.25, -0.2) is 0 Å². The maximum absolute atomic E-state index is 11.3. The highest BCUT2D eigenvalue weighted by Crippen LogP contribution is 2.66. The van der Waals surface area contributed by atoms with Crippen LogP contribution in [0.4, 0.5) is 0 Å². The van der Waals surface area contributed by atoms with E-state index >= 15 is 0 Å². The molecule has 2 rings (SSSR count). The minimum Gasteiger partial charge on any atom is -0.388 e. The predicted octanol–water partition coefficient (Wildman–Crippen LogP) is 0.649. The molecule has 88 valence electrons. The summed E-state index contributed by atoms with van der Waals surface area (Å²) in [5.74, 6) is -0.486. The summed E-state index contributed by atoms with van der Waals surface area (Å²) >= 11 is 0. The number of hydrogen-bond donors (Lipinski definition) is 2. The van der Waals surface area contributed by atoms with Crippen LogP contribution in [0.1, 0.15) is 20.3 Å². The first-order valence-corrected chi connectivity index (χ1v) is 7.21. The van der Waals surface area contributed by atoms with Gasteiger partial charge in [-0.3, -0.25) is 0 Å². The van der Waals surface area contributed by atoms with Crippen LogP contribution < -0.4 is 0 Å². The van der Waals surface area contributed by atoms with Gasteiger partial charge in [-0.2, -0.15) is 0 Å². The first kappa shape index (κ1) is 12.5. The van der Waals surface area contributed by atoms with E-state index in [1.807, 2.05) is 6.92 Å². The lowest BCUT2D eigenvalue weighted by atomic mass is 9.73. The fourth-order valence-corrected chi connectivity index (χ4v) is 3.21. The van der Waals surface area contributed by atoms with E-state index in [1.54, 1.807) is 0 Å². The summed E-state index contributed by atoms with van der Waals surface area (Å²) in [4.78, 5) is 0. The normalized spacial score (nSPS) is 51.2. The van der Waals surface area contributed by atoms with Crippen LogP contribution in [-0.2, 0) is 9.30 Å². The lowest BCUT2D eigenvalue weighted by molar-refractivity contribution is -0.115. The molecular formula is C10H17BO4P+. The van der Waals surface area contributed by atoms with Gasteiger partial charge in [0.05, 0.1) is 13.4 Å². The number of aliphatic hydroxyl groups excluding tert-OH is 1. The molecule has 0 heterocycles. The number of fused-ring (bicyclic) bond motifs is 1. The molecule has 0 saturated heterocycles. The molecule has 0 aliphatic heterocycles. The summed E-state index contributed by atoms with van der Waals surface area (Å²) in [6, 6.07) is 0. The van der Waals surface area contributed by atoms with Crippen molar-refractivity contribution in [1.29, 1.82) is 0 Å². The number of ether oxygens (including phenoxy) is 1. The third-order valence-electron chi connectivity index (χ3n) is 3.96. The molecule has 0 aromatic carbocycles. The zero-order valence-electron chi connectivity index (χ0n) is 9.59. The molecular weight excluding hydrogens is 226 g/mol. The van der Waals surface area contributed by atoms with Gasteiger partial charge in [-0.15, -0.1) is 0 Å². The van der Waals surface area contributed by atoms with Crippen molar-refractivity contribution in [3.05, 3.63) is 0 Å². The fraction of sp³-hybridized carbons (Fsp3) is 1.00. The SMILES string of the molecule is [B][C@@H]1[C@H]2C[C@@]2(OC[P+](=O)CC)[C@@H](O)[C@@]1(C)O. The minimum absolute atomic E-state index is 0.0160. The Labute approximate surface area is 97.6 Å². The van der Waals surface area contributed by atoms with Gasteiger partial charge in [0.25, 0.3) is 0 Å². The molecule has 4 nitrogen and oxygen atoms in total. The van der Waals surface area contributed by atoms with Gasteiger partial charge in [0, 0.05) is 0 Å². The topological polar surface area (TPSA) is 66.8 Å². The van der Waals surface area contributed by atoms with Crippen molar-refractivity contribution >= 4 is 15.6 Å². The second-order valence-corrected chi connectivity index (χ2v) is 6.85. The van der Waals surface area contributed by atoms with Crippen molar-refractivity contribution in [2.75, 3.05) is 12.5 Å². The molecule has 0 aromatic heterocycles. The van der Waals surface area contributed by atoms with Crippen molar-refractivity contribution < 1.29 is 19.5 Å². The average molecular weight is 243 g/mol. The predicted molar refractivity (Wildman–Crippen MR) is 61.1 cm³/mol. The zero-order valence-corrected chi connectivity index (χ0v) is 10.5. The first-order chi connectivity index (χ1) is 7.36. The van der Waals surface area contributed by atoms with Crippen LogP contribution in [0.2, 0.25) is 5.82 Å². The number of rotatable bonds is 4. The van der Waals surface area contributed by atoms with Crippen molar-refractivity contribution in [3.8, 4) is 0 Å². The second kappa shape index (κ2) is 3.77. The average Bonchev–Trinajstić information content (AvgIpc) is 2.95. The number of hydrogen-bond acceptors (Lipinski definition) is 4. The molecule has 0 bridgehead atoms. The van der Waals surface area contributed by atoms with Crippen LogP contribution in [0.25, 0.3) is 0 Å². The summed E-state index contributed by atoms with van der Waals surface area (Å²) in [6.07, 6.45) is 0.370. The van der Waals surface area contributed by atoms with Crippen LogP contribution in [0.3, 0.4) is 0 Å². The van der Waals surface area contributed by atoms with Gasteiger partial charge in [-0.05, 0) is 32.0 Å². The molecule has 0 spiro atoms. The van der Waals surface area contributed by atoms with E-state index in [1.165, 1.54) is 6.92 Å². The molecule has 0 amide bonds. The van der Waals surface area contributed by atoms with Crippen LogP contribution in [-0.4, -0.2) is 47.9 Å². The summed E-state index contributed by atoms with van der Waals surface area (Å²) in [5, 5.41) is 20.0. The third-order valence-corrected chi connectivity index (χ3v) is 5.08. The molecule has 2 saturated carbocycles. The van der Waals surface area contributed by atoms with E-state index < -0.39 is 30.9 Å². The van der Waals surface area contributed by atoms with Gasteiger partial charge in [-0.1, -0.05) is 4.57 Å². The molecule has 2 aliphatic carbocycles. The Kier molecular flexibility index (Phi) is 2.95. The zero-order chi connectivity index (χ0) is 12.1. The Hall–Kier alpha value is 0.0449. The van der Waals surface area contributed by atoms with E-state index in [2.05, 4.69) is 0 Å². The summed E-state index contributed by atoms with van der Waals surface area (Å²) < 4.78 is 16.9. The van der Waals surface area contributed by atoms with Gasteiger partial charge in [0.1, 0.15) is 17.9 Å². The van der Waals surface area contributed by atoms with Crippen LogP contribution >= 0.6 is 7.80 Å². The summed E-state index contributed by atoms with van der Waals surface area (Å²) in [7, 11) is 4.48. The first-order valence-electron chi connectivity index (χ1n) is 5.58. The Balaban J connectivity index is 2.04. The van der Waals surface area contributed by atoms with E-state index in [0.29, 0.717) is 12.6 Å². The van der Waals surface area contributed by atoms with Crippen molar-refractivity contribution in [2.24, 2.45) is 5.92 Å². The molecule has 2 N–H and O–H groups in total. The van der Waals surface area contributed by atoms with Crippen LogP contribution in [0.15, 0.2) is 0 Å². The van der Waals surface area contributed by atoms with E-state index in [4.69, 9.17) is 12.6 Å². The molecule has 1 unspecified atom stereocenters. The Morgan fingerprint density at radius 2 is 2.25 bits per heavy atom. The quantitative estimate of drug-likeness (QED) is 0.562. The van der Waals surface area contributed by atoms with E-state index in [9.17, 15) is 14.8 Å². The highest BCUT2D eigenvalue weighted by molar-refractivity contribution is 7.44. The minimum atomic E-state index is -1.37. The van der Waals surface area contributed by atoms with Gasteiger partial charge < -0.3 is 14.9 Å². The van der Waals surface area contributed by atoms with Gasteiger partial charge in [0.2, 0.25) is 6.35 Å². The van der Waals surface area contributed by atoms with Crippen molar-refractivity contribution in [2.45, 2.75) is 43.4 Å². The Morgan fingerprint density at radius 1 is 1.62 bits per heavy atom. The second-order valence-electron chi connectivity index (χ2n) is 4.99. The Bertz CT molecular complexity index is 322. The highest BCUT2D eigenvalue weighted by atomic mass is 31.1. The van der Waals surface area contributed by atoms with Crippen LogP contribution in [0.5, 0.6) is 0 Å². The molecule has 2 aliphatic rings. The monoisotopic (exact) mass is 243 g/mol. The van der Waals surface area contributed by atoms with Crippen molar-refractivity contribution in [1.82, 2.24) is 0 Å². The lowest BCUT2D eigenvalue weighted by Crippen LogP contribution is -2.46. The molecule has 16 heavy (non-hydrogen) atoms.